The van der Waals surface area contributed by atoms with E-state index in [1.165, 1.54) is 43.4 Å². The van der Waals surface area contributed by atoms with Gasteiger partial charge in [-0.05, 0) is 59.3 Å². The van der Waals surface area contributed by atoms with Crippen LogP contribution >= 0.6 is 0 Å². The quantitative estimate of drug-likeness (QED) is 0.0463. The first-order valence-electron chi connectivity index (χ1n) is 16.6. The van der Waals surface area contributed by atoms with Crippen molar-refractivity contribution < 1.29 is 28.6 Å². The van der Waals surface area contributed by atoms with Gasteiger partial charge in [0.05, 0.1) is 19.0 Å². The molecule has 0 spiro atoms. The second-order valence-electron chi connectivity index (χ2n) is 12.1. The Hall–Kier alpha value is -2.05. The lowest BCUT2D eigenvalue weighted by atomic mass is 9.94. The molecule has 240 valence electrons. The number of unbranched alkanes of at least 4 members (excludes halogenated alkanes) is 10. The van der Waals surface area contributed by atoms with Crippen molar-refractivity contribution in [2.75, 3.05) is 26.3 Å². The maximum absolute atomic E-state index is 13.0. The Morgan fingerprint density at radius 1 is 0.707 bits per heavy atom. The molecule has 1 amide bonds. The largest absolute Gasteiger partial charge is 0.464 e. The van der Waals surface area contributed by atoms with E-state index in [-0.39, 0.29) is 44.2 Å². The van der Waals surface area contributed by atoms with Crippen molar-refractivity contribution in [3.8, 4) is 0 Å². The first-order chi connectivity index (χ1) is 19.6. The highest BCUT2D eigenvalue weighted by atomic mass is 16.6. The van der Waals surface area contributed by atoms with Crippen LogP contribution in [0, 0.1) is 5.92 Å². The molecule has 1 atom stereocenters. The minimum Gasteiger partial charge on any atom is -0.464 e. The Bertz CT molecular complexity index is 700. The van der Waals surface area contributed by atoms with Crippen LogP contribution in [0.2, 0.25) is 0 Å². The first kappa shape index (κ1) is 39.0. The van der Waals surface area contributed by atoms with Crippen molar-refractivity contribution in [3.05, 3.63) is 12.2 Å². The van der Waals surface area contributed by atoms with Crippen LogP contribution in [-0.4, -0.2) is 54.8 Å². The summed E-state index contributed by atoms with van der Waals surface area (Å²) in [5.41, 5.74) is -0.657. The molecule has 0 bridgehead atoms. The molecular formula is C34H63NO6. The monoisotopic (exact) mass is 581 g/mol. The zero-order valence-electron chi connectivity index (χ0n) is 27.5. The van der Waals surface area contributed by atoms with E-state index in [2.05, 4.69) is 32.9 Å². The predicted octanol–water partition coefficient (Wildman–Crippen LogP) is 9.17. The van der Waals surface area contributed by atoms with E-state index in [4.69, 9.17) is 14.2 Å². The third-order valence-corrected chi connectivity index (χ3v) is 6.93. The molecule has 0 aromatic rings. The van der Waals surface area contributed by atoms with Crippen LogP contribution in [0.1, 0.15) is 151 Å². The van der Waals surface area contributed by atoms with Gasteiger partial charge in [-0.25, -0.2) is 4.79 Å². The molecule has 7 heteroatoms. The number of hydrogen-bond acceptors (Lipinski definition) is 6. The smallest absolute Gasteiger partial charge is 0.410 e. The van der Waals surface area contributed by atoms with Gasteiger partial charge in [0.15, 0.2) is 0 Å². The molecule has 0 aromatic carbocycles. The van der Waals surface area contributed by atoms with Gasteiger partial charge in [-0.3, -0.25) is 9.59 Å². The van der Waals surface area contributed by atoms with E-state index in [1.54, 1.807) is 0 Å². The molecule has 0 aromatic heterocycles. The Balaban J connectivity index is 4.79. The highest BCUT2D eigenvalue weighted by Crippen LogP contribution is 2.20. The topological polar surface area (TPSA) is 82.1 Å². The maximum atomic E-state index is 13.0. The van der Waals surface area contributed by atoms with Crippen LogP contribution in [0.15, 0.2) is 12.2 Å². The highest BCUT2D eigenvalue weighted by Gasteiger charge is 2.24. The second-order valence-corrected chi connectivity index (χ2v) is 12.1. The van der Waals surface area contributed by atoms with Crippen molar-refractivity contribution in [3.63, 3.8) is 0 Å². The molecular weight excluding hydrogens is 518 g/mol. The summed E-state index contributed by atoms with van der Waals surface area (Å²) in [6, 6.07) is 0. The zero-order valence-corrected chi connectivity index (χ0v) is 27.5. The van der Waals surface area contributed by atoms with Crippen LogP contribution in [-0.2, 0) is 23.8 Å². The summed E-state index contributed by atoms with van der Waals surface area (Å²) in [5.74, 6) is -0.522. The average molecular weight is 582 g/mol. The number of allylic oxidation sites excluding steroid dienone is 2. The molecule has 41 heavy (non-hydrogen) atoms. The molecule has 0 N–H and O–H groups in total. The van der Waals surface area contributed by atoms with Gasteiger partial charge in [0.1, 0.15) is 18.8 Å². The first-order valence-corrected chi connectivity index (χ1v) is 16.6. The van der Waals surface area contributed by atoms with E-state index in [0.29, 0.717) is 6.42 Å². The van der Waals surface area contributed by atoms with Crippen molar-refractivity contribution in [2.45, 2.75) is 156 Å². The number of amides is 1. The number of hydrogen-bond donors (Lipinski definition) is 0. The molecule has 0 aliphatic carbocycles. The molecule has 0 fully saturated rings. The van der Waals surface area contributed by atoms with Gasteiger partial charge >= 0.3 is 18.0 Å². The number of rotatable bonds is 25. The standard InChI is InChI=1S/C34H63NO6/c1-7-10-13-16-18-21-24-30(23-20-15-12-9-3)32(37)40-29-27-35(33(38)41-34(4,5)6)26-28-39-31(36)25-22-19-17-14-11-8-2/h11,14,30H,7-10,12-13,15-29H2,1-6H3/b14-11-. The third kappa shape index (κ3) is 24.3. The SMILES string of the molecule is CC/C=C\CCCCC(=O)OCCN(CCOC(=O)C(CCCCCC)CCCCCCCC)C(=O)OC(C)(C)C. The van der Waals surface area contributed by atoms with E-state index >= 15 is 0 Å². The summed E-state index contributed by atoms with van der Waals surface area (Å²) in [4.78, 5) is 39.4. The fourth-order valence-electron chi connectivity index (χ4n) is 4.52. The van der Waals surface area contributed by atoms with E-state index in [9.17, 15) is 14.4 Å². The normalized spacial score (nSPS) is 12.3. The van der Waals surface area contributed by atoms with Gasteiger partial charge in [-0.15, -0.1) is 0 Å². The predicted molar refractivity (Wildman–Crippen MR) is 168 cm³/mol. The maximum Gasteiger partial charge on any atom is 0.410 e. The lowest BCUT2D eigenvalue weighted by Gasteiger charge is -2.27. The Labute approximate surface area is 252 Å². The molecule has 0 heterocycles. The van der Waals surface area contributed by atoms with Crippen molar-refractivity contribution in [1.82, 2.24) is 4.90 Å². The number of carbonyl (C=O) groups is 3. The second kappa shape index (κ2) is 25.6. The lowest BCUT2D eigenvalue weighted by Crippen LogP contribution is -2.41. The highest BCUT2D eigenvalue weighted by molar-refractivity contribution is 5.72. The number of carbonyl (C=O) groups excluding carboxylic acids is 3. The summed E-state index contributed by atoms with van der Waals surface area (Å²) in [7, 11) is 0. The molecule has 0 radical (unpaired) electrons. The Morgan fingerprint density at radius 3 is 1.85 bits per heavy atom. The van der Waals surface area contributed by atoms with Crippen LogP contribution < -0.4 is 0 Å². The van der Waals surface area contributed by atoms with Crippen LogP contribution in [0.3, 0.4) is 0 Å². The Morgan fingerprint density at radius 2 is 1.27 bits per heavy atom. The summed E-state index contributed by atoms with van der Waals surface area (Å²) in [6.45, 7) is 12.5. The fraction of sp³-hybridized carbons (Fsp3) is 0.853. The van der Waals surface area contributed by atoms with Crippen LogP contribution in [0.25, 0.3) is 0 Å². The molecule has 0 rings (SSSR count). The average Bonchev–Trinajstić information content (AvgIpc) is 2.91. The van der Waals surface area contributed by atoms with Gasteiger partial charge in [0, 0.05) is 6.42 Å². The van der Waals surface area contributed by atoms with E-state index in [0.717, 1.165) is 64.2 Å². The zero-order chi connectivity index (χ0) is 30.8. The van der Waals surface area contributed by atoms with Gasteiger partial charge < -0.3 is 19.1 Å². The van der Waals surface area contributed by atoms with Gasteiger partial charge in [-0.2, -0.15) is 0 Å². The number of esters is 2. The summed E-state index contributed by atoms with van der Waals surface area (Å²) in [5, 5.41) is 0. The van der Waals surface area contributed by atoms with E-state index < -0.39 is 11.7 Å². The number of nitrogens with zero attached hydrogens (tertiary/aromatic N) is 1. The fourth-order valence-corrected chi connectivity index (χ4v) is 4.52. The Kier molecular flexibility index (Phi) is 24.4. The molecule has 0 saturated carbocycles. The van der Waals surface area contributed by atoms with Crippen molar-refractivity contribution >= 4 is 18.0 Å². The summed E-state index contributed by atoms with van der Waals surface area (Å²) < 4.78 is 16.6. The van der Waals surface area contributed by atoms with E-state index in [1.807, 2.05) is 20.8 Å². The molecule has 7 nitrogen and oxygen atoms in total. The molecule has 0 aliphatic rings. The van der Waals surface area contributed by atoms with Crippen LogP contribution in [0.5, 0.6) is 0 Å². The molecule has 0 aliphatic heterocycles. The minimum atomic E-state index is -0.657. The van der Waals surface area contributed by atoms with Gasteiger partial charge in [-0.1, -0.05) is 97.1 Å². The summed E-state index contributed by atoms with van der Waals surface area (Å²) >= 11 is 0. The molecule has 0 saturated heterocycles. The minimum absolute atomic E-state index is 0.0832. The van der Waals surface area contributed by atoms with Crippen molar-refractivity contribution in [1.29, 1.82) is 0 Å². The van der Waals surface area contributed by atoms with Gasteiger partial charge in [0.2, 0.25) is 0 Å². The van der Waals surface area contributed by atoms with Gasteiger partial charge in [0.25, 0.3) is 0 Å². The third-order valence-electron chi connectivity index (χ3n) is 6.93. The van der Waals surface area contributed by atoms with Crippen molar-refractivity contribution in [2.24, 2.45) is 5.92 Å². The van der Waals surface area contributed by atoms with Crippen LogP contribution in [0.4, 0.5) is 4.79 Å². The molecule has 1 unspecified atom stereocenters. The summed E-state index contributed by atoms with van der Waals surface area (Å²) in [6.07, 6.45) is 21.2. The number of ether oxygens (including phenoxy) is 3. The lowest BCUT2D eigenvalue weighted by molar-refractivity contribution is -0.149.